The van der Waals surface area contributed by atoms with Gasteiger partial charge in [0.2, 0.25) is 0 Å². The van der Waals surface area contributed by atoms with Crippen molar-refractivity contribution in [1.82, 2.24) is 4.57 Å². The van der Waals surface area contributed by atoms with Gasteiger partial charge >= 0.3 is 0 Å². The number of aromatic nitrogens is 1. The Morgan fingerprint density at radius 2 is 1.67 bits per heavy atom. The van der Waals surface area contributed by atoms with Gasteiger partial charge in [0.05, 0.1) is 17.6 Å². The Hall–Kier alpha value is -2.65. The van der Waals surface area contributed by atoms with Crippen LogP contribution in [0.4, 0.5) is 5.69 Å². The van der Waals surface area contributed by atoms with Gasteiger partial charge in [0.25, 0.3) is 0 Å². The van der Waals surface area contributed by atoms with Gasteiger partial charge in [-0.1, -0.05) is 52.3 Å². The van der Waals surface area contributed by atoms with Crippen LogP contribution in [0.1, 0.15) is 5.69 Å². The highest BCUT2D eigenvalue weighted by Gasteiger charge is 2.02. The number of hydrogen-bond donors (Lipinski definition) is 0. The first-order chi connectivity index (χ1) is 11.8. The van der Waals surface area contributed by atoms with E-state index in [2.05, 4.69) is 80.2 Å². The van der Waals surface area contributed by atoms with Gasteiger partial charge in [-0.15, -0.1) is 0 Å². The van der Waals surface area contributed by atoms with Crippen LogP contribution >= 0.6 is 15.9 Å². The molecule has 0 fully saturated rings. The Bertz CT molecular complexity index is 1030. The molecule has 0 bridgehead atoms. The Kier molecular flexibility index (Phi) is 4.01. The molecule has 0 aliphatic carbocycles. The van der Waals surface area contributed by atoms with E-state index in [1.54, 1.807) is 0 Å². The van der Waals surface area contributed by atoms with E-state index < -0.39 is 0 Å². The van der Waals surface area contributed by atoms with Crippen molar-refractivity contribution in [1.29, 1.82) is 0 Å². The fourth-order valence-electron chi connectivity index (χ4n) is 2.76. The average molecular weight is 375 g/mol. The lowest BCUT2D eigenvalue weighted by atomic mass is 10.1. The monoisotopic (exact) mass is 374 g/mol. The lowest BCUT2D eigenvalue weighted by Gasteiger charge is -2.08. The van der Waals surface area contributed by atoms with Crippen LogP contribution in [0.2, 0.25) is 0 Å². The fourth-order valence-corrected chi connectivity index (χ4v) is 3.15. The summed E-state index contributed by atoms with van der Waals surface area (Å²) in [6, 6.07) is 27.0. The van der Waals surface area contributed by atoms with Crippen molar-refractivity contribution >= 4 is 38.6 Å². The molecule has 3 heteroatoms. The smallest absolute Gasteiger partial charge is 0.0641 e. The van der Waals surface area contributed by atoms with Crippen LogP contribution in [0, 0.1) is 0 Å². The second-order valence-corrected chi connectivity index (χ2v) is 6.49. The van der Waals surface area contributed by atoms with Crippen molar-refractivity contribution in [2.45, 2.75) is 0 Å². The molecule has 0 amide bonds. The molecule has 1 heterocycles. The van der Waals surface area contributed by atoms with Gasteiger partial charge < -0.3 is 4.57 Å². The van der Waals surface area contributed by atoms with E-state index in [1.165, 1.54) is 10.8 Å². The number of rotatable bonds is 3. The zero-order valence-corrected chi connectivity index (χ0v) is 14.5. The molecule has 4 aromatic rings. The summed E-state index contributed by atoms with van der Waals surface area (Å²) in [5, 5.41) is 2.48. The third kappa shape index (κ3) is 3.03. The third-order valence-electron chi connectivity index (χ3n) is 3.95. The van der Waals surface area contributed by atoms with E-state index in [9.17, 15) is 0 Å². The standard InChI is InChI=1S/C21H15BrN2/c22-18-7-3-8-19(14-18)23-15-21-9-4-12-24(21)20-11-10-16-5-1-2-6-17(16)13-20/h1-15H. The summed E-state index contributed by atoms with van der Waals surface area (Å²) < 4.78 is 3.18. The fraction of sp³-hybridized carbons (Fsp3) is 0. The number of benzene rings is 3. The van der Waals surface area contributed by atoms with E-state index in [0.29, 0.717) is 0 Å². The molecule has 2 nitrogen and oxygen atoms in total. The van der Waals surface area contributed by atoms with Gasteiger partial charge in [0.1, 0.15) is 0 Å². The van der Waals surface area contributed by atoms with Crippen LogP contribution in [-0.4, -0.2) is 10.8 Å². The lowest BCUT2D eigenvalue weighted by molar-refractivity contribution is 1.07. The SMILES string of the molecule is Brc1cccc(N=Cc2cccn2-c2ccc3ccccc3c2)c1. The lowest BCUT2D eigenvalue weighted by Crippen LogP contribution is -1.97. The maximum absolute atomic E-state index is 4.58. The highest BCUT2D eigenvalue weighted by atomic mass is 79.9. The highest BCUT2D eigenvalue weighted by Crippen LogP contribution is 2.21. The molecule has 0 saturated heterocycles. The van der Waals surface area contributed by atoms with Crippen molar-refractivity contribution in [2.24, 2.45) is 4.99 Å². The van der Waals surface area contributed by atoms with Crippen molar-refractivity contribution in [2.75, 3.05) is 0 Å². The minimum atomic E-state index is 0.927. The van der Waals surface area contributed by atoms with Crippen molar-refractivity contribution in [3.63, 3.8) is 0 Å². The second-order valence-electron chi connectivity index (χ2n) is 5.57. The van der Waals surface area contributed by atoms with E-state index in [0.717, 1.165) is 21.5 Å². The first-order valence-corrected chi connectivity index (χ1v) is 8.55. The normalized spacial score (nSPS) is 11.4. The predicted octanol–water partition coefficient (Wildman–Crippen LogP) is 6.14. The van der Waals surface area contributed by atoms with Crippen molar-refractivity contribution in [3.8, 4) is 5.69 Å². The summed E-state index contributed by atoms with van der Waals surface area (Å²) in [6.07, 6.45) is 3.96. The molecule has 0 N–H and O–H groups in total. The Labute approximate surface area is 149 Å². The number of halogens is 1. The van der Waals surface area contributed by atoms with E-state index in [4.69, 9.17) is 0 Å². The van der Waals surface area contributed by atoms with Crippen LogP contribution in [0.3, 0.4) is 0 Å². The maximum atomic E-state index is 4.58. The first-order valence-electron chi connectivity index (χ1n) is 7.76. The van der Waals surface area contributed by atoms with Crippen molar-refractivity contribution in [3.05, 3.63) is 95.2 Å². The van der Waals surface area contributed by atoms with Crippen LogP contribution in [-0.2, 0) is 0 Å². The van der Waals surface area contributed by atoms with E-state index in [-0.39, 0.29) is 0 Å². The van der Waals surface area contributed by atoms with Crippen LogP contribution in [0.25, 0.3) is 16.5 Å². The minimum absolute atomic E-state index is 0.927. The Morgan fingerprint density at radius 3 is 2.54 bits per heavy atom. The number of nitrogens with zero attached hydrogens (tertiary/aromatic N) is 2. The van der Waals surface area contributed by atoms with Gasteiger partial charge in [-0.3, -0.25) is 4.99 Å². The molecule has 0 saturated carbocycles. The quantitative estimate of drug-likeness (QED) is 0.383. The van der Waals surface area contributed by atoms with E-state index in [1.807, 2.05) is 36.5 Å². The van der Waals surface area contributed by atoms with Crippen molar-refractivity contribution < 1.29 is 0 Å². The molecule has 1 aromatic heterocycles. The summed E-state index contributed by atoms with van der Waals surface area (Å²) in [7, 11) is 0. The molecule has 0 spiro atoms. The molecule has 4 rings (SSSR count). The second kappa shape index (κ2) is 6.46. The zero-order valence-electron chi connectivity index (χ0n) is 12.9. The molecule has 3 aromatic carbocycles. The number of fused-ring (bicyclic) bond motifs is 1. The molecular weight excluding hydrogens is 360 g/mol. The third-order valence-corrected chi connectivity index (χ3v) is 4.44. The van der Waals surface area contributed by atoms with Gasteiger partial charge in [-0.25, -0.2) is 0 Å². The predicted molar refractivity (Wildman–Crippen MR) is 105 cm³/mol. The molecule has 0 atom stereocenters. The molecule has 0 radical (unpaired) electrons. The van der Waals surface area contributed by atoms with Gasteiger partial charge in [-0.05, 0) is 53.2 Å². The zero-order chi connectivity index (χ0) is 16.4. The van der Waals surface area contributed by atoms with Gasteiger partial charge in [0, 0.05) is 16.4 Å². The van der Waals surface area contributed by atoms with Crippen LogP contribution in [0.15, 0.2) is 94.5 Å². The average Bonchev–Trinajstić information content (AvgIpc) is 3.08. The Morgan fingerprint density at radius 1 is 0.792 bits per heavy atom. The molecule has 0 aliphatic rings. The molecule has 24 heavy (non-hydrogen) atoms. The highest BCUT2D eigenvalue weighted by molar-refractivity contribution is 9.10. The first kappa shape index (κ1) is 14.9. The topological polar surface area (TPSA) is 17.3 Å². The minimum Gasteiger partial charge on any atom is -0.316 e. The summed E-state index contributed by atoms with van der Waals surface area (Å²) >= 11 is 3.48. The number of hydrogen-bond acceptors (Lipinski definition) is 1. The molecule has 0 aliphatic heterocycles. The van der Waals surface area contributed by atoms with Gasteiger partial charge in [0.15, 0.2) is 0 Å². The summed E-state index contributed by atoms with van der Waals surface area (Å²) in [6.45, 7) is 0. The number of aliphatic imine (C=N–C) groups is 1. The molecule has 116 valence electrons. The molecule has 0 unspecified atom stereocenters. The van der Waals surface area contributed by atoms with E-state index >= 15 is 0 Å². The van der Waals surface area contributed by atoms with Crippen LogP contribution < -0.4 is 0 Å². The summed E-state index contributed by atoms with van der Waals surface area (Å²) in [5.74, 6) is 0. The van der Waals surface area contributed by atoms with Crippen LogP contribution in [0.5, 0.6) is 0 Å². The summed E-state index contributed by atoms with van der Waals surface area (Å²) in [5.41, 5.74) is 3.11. The van der Waals surface area contributed by atoms with Gasteiger partial charge in [-0.2, -0.15) is 0 Å². The Balaban J connectivity index is 1.71. The molecular formula is C21H15BrN2. The summed E-state index contributed by atoms with van der Waals surface area (Å²) in [4.78, 5) is 4.58. The maximum Gasteiger partial charge on any atom is 0.0641 e. The largest absolute Gasteiger partial charge is 0.316 e.